The number of hydrogen-bond acceptors (Lipinski definition) is 6. The molecule has 0 fully saturated rings. The average Bonchev–Trinajstić information content (AvgIpc) is 3.40. The first kappa shape index (κ1) is 20.5. The van der Waals surface area contributed by atoms with Crippen molar-refractivity contribution in [1.82, 2.24) is 19.6 Å². The highest BCUT2D eigenvalue weighted by molar-refractivity contribution is 5.88. The number of fused-ring (bicyclic) bond motifs is 2. The Kier molecular flexibility index (Phi) is 4.92. The molecule has 0 aliphatic carbocycles. The third-order valence-corrected chi connectivity index (χ3v) is 5.33. The van der Waals surface area contributed by atoms with Crippen LogP contribution in [0.25, 0.3) is 44.2 Å². The van der Waals surface area contributed by atoms with Crippen molar-refractivity contribution >= 4 is 22.6 Å². The lowest BCUT2D eigenvalue weighted by molar-refractivity contribution is 0.182. The molecule has 33 heavy (non-hydrogen) atoms. The number of rotatable bonds is 5. The zero-order valence-corrected chi connectivity index (χ0v) is 18.2. The van der Waals surface area contributed by atoms with E-state index in [1.54, 1.807) is 7.11 Å². The van der Waals surface area contributed by atoms with Gasteiger partial charge in [0.25, 0.3) is 5.82 Å². The Hall–Kier alpha value is -4.42. The summed E-state index contributed by atoms with van der Waals surface area (Å²) >= 11 is 0. The summed E-state index contributed by atoms with van der Waals surface area (Å²) in [6.07, 6.45) is 0. The maximum absolute atomic E-state index is 13.6. The lowest BCUT2D eigenvalue weighted by Gasteiger charge is -2.06. The second kappa shape index (κ2) is 7.93. The van der Waals surface area contributed by atoms with Crippen LogP contribution in [-0.4, -0.2) is 33.8 Å². The average molecular weight is 441 g/mol. The van der Waals surface area contributed by atoms with Crippen LogP contribution < -0.4 is 10.3 Å². The van der Waals surface area contributed by atoms with E-state index in [4.69, 9.17) is 25.4 Å². The SMILES string of the molecule is [C-]#[N+]c1[nH]n2c(=O)c(-c3nc4c(OC)cc(C)cc4o3)c(COC)nc2c1-c1ccccc1. The van der Waals surface area contributed by atoms with Crippen molar-refractivity contribution in [2.75, 3.05) is 14.2 Å². The molecular weight excluding hydrogens is 422 g/mol. The van der Waals surface area contributed by atoms with Crippen molar-refractivity contribution < 1.29 is 13.9 Å². The number of aromatic amines is 1. The second-order valence-electron chi connectivity index (χ2n) is 7.48. The van der Waals surface area contributed by atoms with Gasteiger partial charge in [-0.2, -0.15) is 0 Å². The molecule has 3 heterocycles. The van der Waals surface area contributed by atoms with Crippen molar-refractivity contribution in [3.63, 3.8) is 0 Å². The van der Waals surface area contributed by atoms with Crippen LogP contribution in [0.4, 0.5) is 5.82 Å². The lowest BCUT2D eigenvalue weighted by atomic mass is 10.1. The summed E-state index contributed by atoms with van der Waals surface area (Å²) in [4.78, 5) is 26.5. The van der Waals surface area contributed by atoms with Crippen molar-refractivity contribution in [3.8, 4) is 28.3 Å². The van der Waals surface area contributed by atoms with Crippen LogP contribution in [0.3, 0.4) is 0 Å². The van der Waals surface area contributed by atoms with Crippen molar-refractivity contribution in [2.45, 2.75) is 13.5 Å². The van der Waals surface area contributed by atoms with Crippen LogP contribution in [-0.2, 0) is 11.3 Å². The third kappa shape index (κ3) is 3.24. The van der Waals surface area contributed by atoms with Crippen LogP contribution >= 0.6 is 0 Å². The van der Waals surface area contributed by atoms with E-state index >= 15 is 0 Å². The van der Waals surface area contributed by atoms with Crippen LogP contribution in [0.2, 0.25) is 0 Å². The molecule has 0 spiro atoms. The summed E-state index contributed by atoms with van der Waals surface area (Å²) in [5.74, 6) is 0.859. The van der Waals surface area contributed by atoms with E-state index in [1.807, 2.05) is 49.4 Å². The second-order valence-corrected chi connectivity index (χ2v) is 7.48. The molecule has 5 rings (SSSR count). The molecule has 0 atom stereocenters. The first-order chi connectivity index (χ1) is 16.0. The highest BCUT2D eigenvalue weighted by atomic mass is 16.5. The molecule has 0 unspecified atom stereocenters. The Morgan fingerprint density at radius 1 is 1.15 bits per heavy atom. The fourth-order valence-corrected chi connectivity index (χ4v) is 3.90. The monoisotopic (exact) mass is 441 g/mol. The number of benzene rings is 2. The molecule has 1 N–H and O–H groups in total. The molecule has 0 bridgehead atoms. The van der Waals surface area contributed by atoms with Gasteiger partial charge in [0.15, 0.2) is 16.7 Å². The number of nitrogens with one attached hydrogen (secondary N) is 1. The van der Waals surface area contributed by atoms with Gasteiger partial charge < -0.3 is 18.7 Å². The number of aromatic nitrogens is 4. The molecule has 5 aromatic rings. The lowest BCUT2D eigenvalue weighted by Crippen LogP contribution is -2.20. The fourth-order valence-electron chi connectivity index (χ4n) is 3.90. The topological polar surface area (TPSA) is 99.0 Å². The minimum absolute atomic E-state index is 0.0583. The van der Waals surface area contributed by atoms with Crippen molar-refractivity contribution in [2.24, 2.45) is 0 Å². The van der Waals surface area contributed by atoms with Crippen LogP contribution in [0.15, 0.2) is 51.7 Å². The smallest absolute Gasteiger partial charge is 0.301 e. The van der Waals surface area contributed by atoms with E-state index in [9.17, 15) is 4.79 Å². The van der Waals surface area contributed by atoms with Crippen LogP contribution in [0.1, 0.15) is 11.3 Å². The standard InChI is InChI=1S/C24H19N5O4/c1-13-10-16(32-4)20-17(11-13)33-23(27-20)19-15(12-31-3)26-22-18(14-8-6-5-7-9-14)21(25-2)28-29(22)24(19)30/h5-11,28H,12H2,1,3-4H3. The zero-order valence-electron chi connectivity index (χ0n) is 18.2. The zero-order chi connectivity index (χ0) is 23.1. The molecule has 3 aromatic heterocycles. The van der Waals surface area contributed by atoms with E-state index in [0.717, 1.165) is 11.1 Å². The van der Waals surface area contributed by atoms with Gasteiger partial charge in [-0.3, -0.25) is 4.79 Å². The van der Waals surface area contributed by atoms with Gasteiger partial charge in [0.1, 0.15) is 11.3 Å². The molecule has 0 radical (unpaired) electrons. The minimum atomic E-state index is -0.443. The number of ether oxygens (including phenoxy) is 2. The maximum atomic E-state index is 13.6. The number of nitrogens with zero attached hydrogens (tertiary/aromatic N) is 4. The normalized spacial score (nSPS) is 11.2. The number of aryl methyl sites for hydroxylation is 1. The summed E-state index contributed by atoms with van der Waals surface area (Å²) in [6, 6.07) is 13.0. The van der Waals surface area contributed by atoms with Gasteiger partial charge in [-0.15, -0.1) is 4.52 Å². The summed E-state index contributed by atoms with van der Waals surface area (Å²) in [7, 11) is 3.07. The highest BCUT2D eigenvalue weighted by Crippen LogP contribution is 2.35. The molecule has 0 amide bonds. The fraction of sp³-hybridized carbons (Fsp3) is 0.167. The van der Waals surface area contributed by atoms with Gasteiger partial charge in [-0.25, -0.2) is 15.1 Å². The highest BCUT2D eigenvalue weighted by Gasteiger charge is 2.26. The van der Waals surface area contributed by atoms with Crippen molar-refractivity contribution in [3.05, 3.63) is 75.5 Å². The van der Waals surface area contributed by atoms with Gasteiger partial charge in [0.2, 0.25) is 5.89 Å². The molecule has 2 aromatic carbocycles. The summed E-state index contributed by atoms with van der Waals surface area (Å²) in [6.45, 7) is 9.58. The van der Waals surface area contributed by atoms with E-state index in [2.05, 4.69) is 14.9 Å². The molecular formula is C24H19N5O4. The quantitative estimate of drug-likeness (QED) is 0.403. The van der Waals surface area contributed by atoms with Crippen LogP contribution in [0.5, 0.6) is 5.75 Å². The van der Waals surface area contributed by atoms with E-state index in [-0.39, 0.29) is 23.9 Å². The number of methoxy groups -OCH3 is 2. The largest absolute Gasteiger partial charge is 0.494 e. The predicted molar refractivity (Wildman–Crippen MR) is 123 cm³/mol. The van der Waals surface area contributed by atoms with E-state index in [1.165, 1.54) is 11.6 Å². The molecule has 0 saturated carbocycles. The number of hydrogen-bond donors (Lipinski definition) is 1. The number of oxazole rings is 1. The minimum Gasteiger partial charge on any atom is -0.494 e. The van der Waals surface area contributed by atoms with Crippen LogP contribution in [0, 0.1) is 13.5 Å². The van der Waals surface area contributed by atoms with Gasteiger partial charge >= 0.3 is 5.56 Å². The molecule has 9 nitrogen and oxygen atoms in total. The van der Waals surface area contributed by atoms with Gasteiger partial charge in [0, 0.05) is 7.11 Å². The molecule has 164 valence electrons. The van der Waals surface area contributed by atoms with E-state index < -0.39 is 5.56 Å². The van der Waals surface area contributed by atoms with E-state index in [0.29, 0.717) is 33.8 Å². The predicted octanol–water partition coefficient (Wildman–Crippen LogP) is 4.51. The Morgan fingerprint density at radius 2 is 1.94 bits per heavy atom. The first-order valence-electron chi connectivity index (χ1n) is 10.1. The summed E-state index contributed by atoms with van der Waals surface area (Å²) < 4.78 is 18.0. The number of H-pyrrole nitrogens is 1. The molecule has 0 aliphatic heterocycles. The maximum Gasteiger partial charge on any atom is 0.301 e. The molecule has 0 saturated heterocycles. The Balaban J connectivity index is 1.83. The van der Waals surface area contributed by atoms with Gasteiger partial charge in [0.05, 0.1) is 25.0 Å². The molecule has 9 heteroatoms. The van der Waals surface area contributed by atoms with Gasteiger partial charge in [-0.1, -0.05) is 36.9 Å². The summed E-state index contributed by atoms with van der Waals surface area (Å²) in [5.41, 5.74) is 3.65. The summed E-state index contributed by atoms with van der Waals surface area (Å²) in [5, 5.41) is 2.88. The molecule has 0 aliphatic rings. The first-order valence-corrected chi connectivity index (χ1v) is 10.1. The Labute approximate surface area is 188 Å². The van der Waals surface area contributed by atoms with Gasteiger partial charge in [-0.05, 0) is 30.2 Å². The Bertz CT molecular complexity index is 1610. The Morgan fingerprint density at radius 3 is 2.64 bits per heavy atom. The third-order valence-electron chi connectivity index (χ3n) is 5.33. The van der Waals surface area contributed by atoms with Crippen molar-refractivity contribution in [1.29, 1.82) is 0 Å².